The van der Waals surface area contributed by atoms with E-state index in [2.05, 4.69) is 5.32 Å². The van der Waals surface area contributed by atoms with E-state index in [4.69, 9.17) is 9.47 Å². The van der Waals surface area contributed by atoms with Crippen LogP contribution < -0.4 is 5.32 Å². The highest BCUT2D eigenvalue weighted by molar-refractivity contribution is 5.68. The number of hydrogen-bond donors (Lipinski definition) is 2. The van der Waals surface area contributed by atoms with E-state index in [0.717, 1.165) is 12.8 Å². The molecule has 0 saturated heterocycles. The molecule has 19 heavy (non-hydrogen) atoms. The fraction of sp³-hybridized carbons (Fsp3) is 0.929. The zero-order valence-corrected chi connectivity index (χ0v) is 12.5. The summed E-state index contributed by atoms with van der Waals surface area (Å²) in [5, 5.41) is 13.3. The smallest absolute Gasteiger partial charge is 0.408 e. The molecule has 1 fully saturated rings. The van der Waals surface area contributed by atoms with Gasteiger partial charge in [0, 0.05) is 6.61 Å². The number of nitrogens with one attached hydrogen (secondary N) is 1. The van der Waals surface area contributed by atoms with Crippen LogP contribution in [0.4, 0.5) is 4.79 Å². The van der Waals surface area contributed by atoms with Crippen LogP contribution in [0.25, 0.3) is 0 Å². The first-order valence-corrected chi connectivity index (χ1v) is 7.06. The van der Waals surface area contributed by atoms with E-state index >= 15 is 0 Å². The molecule has 2 N–H and O–H groups in total. The van der Waals surface area contributed by atoms with Crippen LogP contribution >= 0.6 is 0 Å². The van der Waals surface area contributed by atoms with E-state index in [-0.39, 0.29) is 0 Å². The Morgan fingerprint density at radius 3 is 2.42 bits per heavy atom. The topological polar surface area (TPSA) is 67.8 Å². The van der Waals surface area contributed by atoms with Gasteiger partial charge in [-0.05, 0) is 40.5 Å². The largest absolute Gasteiger partial charge is 0.444 e. The normalized spacial score (nSPS) is 20.1. The lowest BCUT2D eigenvalue weighted by atomic mass is 9.93. The Morgan fingerprint density at radius 1 is 1.37 bits per heavy atom. The van der Waals surface area contributed by atoms with Crippen LogP contribution in [0.1, 0.15) is 53.4 Å². The lowest BCUT2D eigenvalue weighted by molar-refractivity contribution is -0.0310. The van der Waals surface area contributed by atoms with Crippen molar-refractivity contribution in [2.75, 3.05) is 13.2 Å². The van der Waals surface area contributed by atoms with Crippen molar-refractivity contribution in [3.8, 4) is 0 Å². The number of aliphatic hydroxyl groups is 1. The van der Waals surface area contributed by atoms with E-state index in [1.807, 2.05) is 27.7 Å². The first kappa shape index (κ1) is 16.2. The highest BCUT2D eigenvalue weighted by atomic mass is 16.6. The molecule has 0 bridgehead atoms. The SMILES string of the molecule is CCOC[C@@H](NC(=O)OC(C)(C)C)C1(O)CCCC1. The fourth-order valence-corrected chi connectivity index (χ4v) is 2.35. The summed E-state index contributed by atoms with van der Waals surface area (Å²) in [7, 11) is 0. The third-order valence-electron chi connectivity index (χ3n) is 3.30. The highest BCUT2D eigenvalue weighted by Gasteiger charge is 2.41. The molecule has 0 aromatic rings. The quantitative estimate of drug-likeness (QED) is 0.806. The van der Waals surface area contributed by atoms with E-state index < -0.39 is 23.3 Å². The summed E-state index contributed by atoms with van der Waals surface area (Å²) in [4.78, 5) is 11.8. The summed E-state index contributed by atoms with van der Waals surface area (Å²) >= 11 is 0. The number of hydrogen-bond acceptors (Lipinski definition) is 4. The summed E-state index contributed by atoms with van der Waals surface area (Å²) in [6.07, 6.45) is 2.85. The Kier molecular flexibility index (Phi) is 5.62. The van der Waals surface area contributed by atoms with Crippen LogP contribution in [0.2, 0.25) is 0 Å². The minimum atomic E-state index is -0.869. The van der Waals surface area contributed by atoms with Gasteiger partial charge in [-0.25, -0.2) is 4.79 Å². The molecule has 5 nitrogen and oxygen atoms in total. The van der Waals surface area contributed by atoms with Crippen molar-refractivity contribution in [1.29, 1.82) is 0 Å². The number of rotatable bonds is 5. The zero-order chi connectivity index (χ0) is 14.5. The van der Waals surface area contributed by atoms with Crippen molar-refractivity contribution in [2.45, 2.75) is 70.6 Å². The average Bonchev–Trinajstić information content (AvgIpc) is 2.70. The third-order valence-corrected chi connectivity index (χ3v) is 3.30. The maximum absolute atomic E-state index is 11.8. The van der Waals surface area contributed by atoms with Gasteiger partial charge in [0.2, 0.25) is 0 Å². The number of carbonyl (C=O) groups is 1. The molecule has 1 aliphatic carbocycles. The molecule has 0 aromatic heterocycles. The predicted molar refractivity (Wildman–Crippen MR) is 73.1 cm³/mol. The Hall–Kier alpha value is -0.810. The number of amides is 1. The lowest BCUT2D eigenvalue weighted by Crippen LogP contribution is -2.54. The van der Waals surface area contributed by atoms with Gasteiger partial charge >= 0.3 is 6.09 Å². The van der Waals surface area contributed by atoms with Crippen molar-refractivity contribution in [2.24, 2.45) is 0 Å². The van der Waals surface area contributed by atoms with Gasteiger partial charge in [0.05, 0.1) is 18.2 Å². The third kappa shape index (κ3) is 5.37. The maximum Gasteiger partial charge on any atom is 0.408 e. The molecule has 0 unspecified atom stereocenters. The second kappa shape index (κ2) is 6.57. The van der Waals surface area contributed by atoms with Gasteiger partial charge in [-0.2, -0.15) is 0 Å². The van der Waals surface area contributed by atoms with Gasteiger partial charge < -0.3 is 19.9 Å². The molecule has 1 saturated carbocycles. The monoisotopic (exact) mass is 273 g/mol. The van der Waals surface area contributed by atoms with Gasteiger partial charge in [0.15, 0.2) is 0 Å². The molecule has 1 aliphatic rings. The van der Waals surface area contributed by atoms with Crippen molar-refractivity contribution >= 4 is 6.09 Å². The minimum Gasteiger partial charge on any atom is -0.444 e. The Morgan fingerprint density at radius 2 is 1.95 bits per heavy atom. The molecule has 0 radical (unpaired) electrons. The molecule has 0 heterocycles. The molecule has 0 spiro atoms. The Balaban J connectivity index is 2.61. The molecular weight excluding hydrogens is 246 g/mol. The first-order chi connectivity index (χ1) is 8.77. The van der Waals surface area contributed by atoms with Crippen LogP contribution in [0, 0.1) is 0 Å². The molecule has 5 heteroatoms. The molecule has 1 rings (SSSR count). The Bertz CT molecular complexity index is 292. The van der Waals surface area contributed by atoms with Crippen molar-refractivity contribution in [1.82, 2.24) is 5.32 Å². The average molecular weight is 273 g/mol. The summed E-state index contributed by atoms with van der Waals surface area (Å²) < 4.78 is 10.6. The summed E-state index contributed by atoms with van der Waals surface area (Å²) in [5.74, 6) is 0. The second-order valence-electron chi connectivity index (χ2n) is 6.17. The van der Waals surface area contributed by atoms with E-state index in [1.54, 1.807) is 0 Å². The van der Waals surface area contributed by atoms with Crippen LogP contribution in [0.3, 0.4) is 0 Å². The number of ether oxygens (including phenoxy) is 2. The van der Waals surface area contributed by atoms with Gasteiger partial charge in [-0.3, -0.25) is 0 Å². The van der Waals surface area contributed by atoms with Crippen LogP contribution in [-0.4, -0.2) is 41.7 Å². The van der Waals surface area contributed by atoms with Crippen LogP contribution in [0.5, 0.6) is 0 Å². The maximum atomic E-state index is 11.8. The molecular formula is C14H27NO4. The molecule has 1 atom stereocenters. The van der Waals surface area contributed by atoms with E-state index in [0.29, 0.717) is 26.1 Å². The van der Waals surface area contributed by atoms with Crippen LogP contribution in [-0.2, 0) is 9.47 Å². The standard InChI is InChI=1S/C14H27NO4/c1-5-18-10-11(14(17)8-6-7-9-14)15-12(16)19-13(2,3)4/h11,17H,5-10H2,1-4H3,(H,15,16)/t11-/m1/s1. The van der Waals surface area contributed by atoms with Crippen LogP contribution in [0.15, 0.2) is 0 Å². The summed E-state index contributed by atoms with van der Waals surface area (Å²) in [6.45, 7) is 8.20. The first-order valence-electron chi connectivity index (χ1n) is 7.06. The van der Waals surface area contributed by atoms with Gasteiger partial charge in [-0.1, -0.05) is 12.8 Å². The summed E-state index contributed by atoms with van der Waals surface area (Å²) in [6, 6.07) is -0.412. The zero-order valence-electron chi connectivity index (χ0n) is 12.5. The van der Waals surface area contributed by atoms with Crippen molar-refractivity contribution < 1.29 is 19.4 Å². The highest BCUT2D eigenvalue weighted by Crippen LogP contribution is 2.32. The molecule has 0 aromatic carbocycles. The lowest BCUT2D eigenvalue weighted by Gasteiger charge is -2.33. The summed E-state index contributed by atoms with van der Waals surface area (Å²) in [5.41, 5.74) is -1.41. The van der Waals surface area contributed by atoms with Gasteiger partial charge in [0.1, 0.15) is 5.60 Å². The molecule has 1 amide bonds. The second-order valence-corrected chi connectivity index (χ2v) is 6.17. The van der Waals surface area contributed by atoms with Gasteiger partial charge in [-0.15, -0.1) is 0 Å². The fourth-order valence-electron chi connectivity index (χ4n) is 2.35. The Labute approximate surface area is 115 Å². The molecule has 112 valence electrons. The number of alkyl carbamates (subject to hydrolysis) is 1. The van der Waals surface area contributed by atoms with Crippen molar-refractivity contribution in [3.05, 3.63) is 0 Å². The number of carbonyl (C=O) groups excluding carboxylic acids is 1. The van der Waals surface area contributed by atoms with Crippen molar-refractivity contribution in [3.63, 3.8) is 0 Å². The molecule has 0 aliphatic heterocycles. The predicted octanol–water partition coefficient (Wildman–Crippen LogP) is 2.22. The van der Waals surface area contributed by atoms with E-state index in [9.17, 15) is 9.90 Å². The van der Waals surface area contributed by atoms with E-state index in [1.165, 1.54) is 0 Å². The van der Waals surface area contributed by atoms with Gasteiger partial charge in [0.25, 0.3) is 0 Å². The minimum absolute atomic E-state index is 0.312.